The summed E-state index contributed by atoms with van der Waals surface area (Å²) in [4.78, 5) is 0. The van der Waals surface area contributed by atoms with Crippen LogP contribution in [0.15, 0.2) is 36.4 Å². The second-order valence-electron chi connectivity index (χ2n) is 7.88. The molecule has 0 amide bonds. The molecule has 0 atom stereocenters. The van der Waals surface area contributed by atoms with E-state index in [0.717, 1.165) is 30.3 Å². The van der Waals surface area contributed by atoms with Crippen LogP contribution >= 0.6 is 0 Å². The molecule has 0 unspecified atom stereocenters. The number of hydrogen-bond donors (Lipinski definition) is 0. The summed E-state index contributed by atoms with van der Waals surface area (Å²) in [5.41, 5.74) is -6.18. The first kappa shape index (κ1) is 24.0. The average molecular weight is 486 g/mol. The number of halogens is 8. The minimum atomic E-state index is -5.20. The fourth-order valence-corrected chi connectivity index (χ4v) is 4.24. The molecule has 3 aromatic carbocycles. The first-order chi connectivity index (χ1) is 16.0. The van der Waals surface area contributed by atoms with Gasteiger partial charge in [-0.2, -0.15) is 17.6 Å². The smallest absolute Gasteiger partial charge is 0.343 e. The molecule has 4 rings (SSSR count). The molecule has 0 heterocycles. The third-order valence-corrected chi connectivity index (χ3v) is 5.83. The third-order valence-electron chi connectivity index (χ3n) is 5.83. The van der Waals surface area contributed by atoms with Crippen molar-refractivity contribution in [3.63, 3.8) is 0 Å². The van der Waals surface area contributed by atoms with E-state index in [1.54, 1.807) is 6.92 Å². The van der Waals surface area contributed by atoms with Crippen LogP contribution in [-0.2, 0) is 18.3 Å². The van der Waals surface area contributed by atoms with E-state index in [1.807, 2.05) is 0 Å². The van der Waals surface area contributed by atoms with Gasteiger partial charge in [0.25, 0.3) is 0 Å². The maximum Gasteiger partial charge on any atom is 0.343 e. The minimum absolute atomic E-state index is 0.00786. The first-order valence-corrected chi connectivity index (χ1v) is 10.5. The van der Waals surface area contributed by atoms with Crippen LogP contribution in [0.25, 0.3) is 22.3 Å². The molecule has 180 valence electrons. The molecule has 0 bridgehead atoms. The van der Waals surface area contributed by atoms with Crippen molar-refractivity contribution in [2.75, 3.05) is 6.61 Å². The molecule has 0 radical (unpaired) electrons. The average Bonchev–Trinajstić information content (AvgIpc) is 2.77. The maximum atomic E-state index is 15.4. The molecule has 0 fully saturated rings. The van der Waals surface area contributed by atoms with Gasteiger partial charge in [0.15, 0.2) is 23.2 Å². The van der Waals surface area contributed by atoms with Crippen LogP contribution in [0.2, 0.25) is 0 Å². The summed E-state index contributed by atoms with van der Waals surface area (Å²) in [6.45, 7) is 3.08. The summed E-state index contributed by atoms with van der Waals surface area (Å²) in [7, 11) is 0. The van der Waals surface area contributed by atoms with Crippen molar-refractivity contribution in [1.82, 2.24) is 0 Å². The fourth-order valence-electron chi connectivity index (χ4n) is 4.24. The van der Waals surface area contributed by atoms with Crippen molar-refractivity contribution in [3.05, 3.63) is 76.4 Å². The summed E-state index contributed by atoms with van der Waals surface area (Å²) in [5.74, 6) is -17.3. The Morgan fingerprint density at radius 1 is 0.618 bits per heavy atom. The SMILES string of the molecule is CCCc1ccc(-c2ccc3c(c2F)C(F)(F)C(F)(F)c2c-3ccc(OCC)c2F)c(F)c1F. The van der Waals surface area contributed by atoms with Crippen molar-refractivity contribution >= 4 is 0 Å². The lowest BCUT2D eigenvalue weighted by molar-refractivity contribution is -0.227. The Hall–Kier alpha value is -3.10. The molecule has 3 aromatic rings. The number of hydrogen-bond acceptors (Lipinski definition) is 1. The van der Waals surface area contributed by atoms with Crippen LogP contribution in [-0.4, -0.2) is 6.61 Å². The van der Waals surface area contributed by atoms with Gasteiger partial charge in [0.2, 0.25) is 0 Å². The van der Waals surface area contributed by atoms with E-state index in [9.17, 15) is 22.0 Å². The largest absolute Gasteiger partial charge is 0.491 e. The maximum absolute atomic E-state index is 15.4. The standard InChI is InChI=1S/C25H18F8O/c1-3-5-12-6-7-16(22(28)20(12)26)15-9-8-13-14-10-11-17(34-4-2)23(29)19(14)25(32,33)24(30,31)18(13)21(15)27/h6-11H,3-5H2,1-2H3. The van der Waals surface area contributed by atoms with Crippen molar-refractivity contribution in [2.24, 2.45) is 0 Å². The van der Waals surface area contributed by atoms with Gasteiger partial charge in [0.05, 0.1) is 17.7 Å². The van der Waals surface area contributed by atoms with Crippen molar-refractivity contribution in [3.8, 4) is 28.0 Å². The lowest BCUT2D eigenvalue weighted by Crippen LogP contribution is -2.41. The van der Waals surface area contributed by atoms with Crippen LogP contribution in [0.5, 0.6) is 5.75 Å². The predicted octanol–water partition coefficient (Wildman–Crippen LogP) is 8.13. The molecule has 0 aliphatic heterocycles. The quantitative estimate of drug-likeness (QED) is 0.331. The highest BCUT2D eigenvalue weighted by molar-refractivity contribution is 5.81. The summed E-state index contributed by atoms with van der Waals surface area (Å²) >= 11 is 0. The van der Waals surface area contributed by atoms with E-state index in [0.29, 0.717) is 6.42 Å². The predicted molar refractivity (Wildman–Crippen MR) is 110 cm³/mol. The van der Waals surface area contributed by atoms with Crippen LogP contribution in [0, 0.1) is 23.3 Å². The van der Waals surface area contributed by atoms with Crippen molar-refractivity contribution in [1.29, 1.82) is 0 Å². The molecule has 0 saturated heterocycles. The van der Waals surface area contributed by atoms with Gasteiger partial charge >= 0.3 is 11.8 Å². The molecular weight excluding hydrogens is 468 g/mol. The zero-order valence-corrected chi connectivity index (χ0v) is 18.0. The first-order valence-electron chi connectivity index (χ1n) is 10.5. The fraction of sp³-hybridized carbons (Fsp3) is 0.280. The molecule has 0 saturated carbocycles. The second-order valence-corrected chi connectivity index (χ2v) is 7.88. The second kappa shape index (κ2) is 8.29. The van der Waals surface area contributed by atoms with E-state index >= 15 is 13.2 Å². The molecule has 1 aliphatic rings. The van der Waals surface area contributed by atoms with Gasteiger partial charge in [0.1, 0.15) is 5.82 Å². The van der Waals surface area contributed by atoms with Crippen LogP contribution in [0.4, 0.5) is 35.1 Å². The molecule has 1 aliphatic carbocycles. The zero-order chi connectivity index (χ0) is 25.0. The number of benzene rings is 3. The van der Waals surface area contributed by atoms with Gasteiger partial charge in [-0.1, -0.05) is 37.6 Å². The Morgan fingerprint density at radius 2 is 1.12 bits per heavy atom. The van der Waals surface area contributed by atoms with Gasteiger partial charge in [-0.3, -0.25) is 0 Å². The Labute approximate surface area is 190 Å². The number of fused-ring (bicyclic) bond motifs is 3. The summed E-state index contributed by atoms with van der Waals surface area (Å²) in [6, 6.07) is 5.85. The molecule has 9 heteroatoms. The normalized spacial score (nSPS) is 15.6. The lowest BCUT2D eigenvalue weighted by Gasteiger charge is -2.35. The van der Waals surface area contributed by atoms with E-state index < -0.39 is 74.2 Å². The summed E-state index contributed by atoms with van der Waals surface area (Å²) < 4.78 is 124. The molecule has 0 spiro atoms. The van der Waals surface area contributed by atoms with E-state index in [4.69, 9.17) is 4.74 Å². The molecule has 34 heavy (non-hydrogen) atoms. The van der Waals surface area contributed by atoms with Gasteiger partial charge in [-0.15, -0.1) is 0 Å². The third kappa shape index (κ3) is 3.27. The van der Waals surface area contributed by atoms with Gasteiger partial charge < -0.3 is 4.74 Å². The van der Waals surface area contributed by atoms with Crippen LogP contribution < -0.4 is 4.74 Å². The monoisotopic (exact) mass is 486 g/mol. The van der Waals surface area contributed by atoms with Crippen molar-refractivity contribution in [2.45, 2.75) is 38.5 Å². The van der Waals surface area contributed by atoms with Gasteiger partial charge in [-0.05, 0) is 42.2 Å². The van der Waals surface area contributed by atoms with Gasteiger partial charge in [0, 0.05) is 11.1 Å². The highest BCUT2D eigenvalue weighted by Gasteiger charge is 2.65. The van der Waals surface area contributed by atoms with E-state index in [2.05, 4.69) is 0 Å². The van der Waals surface area contributed by atoms with E-state index in [-0.39, 0.29) is 18.6 Å². The van der Waals surface area contributed by atoms with E-state index in [1.165, 1.54) is 13.0 Å². The number of alkyl halides is 4. The highest BCUT2D eigenvalue weighted by Crippen LogP contribution is 2.60. The summed E-state index contributed by atoms with van der Waals surface area (Å²) in [6.07, 6.45) is 0.678. The Kier molecular flexibility index (Phi) is 5.86. The van der Waals surface area contributed by atoms with Gasteiger partial charge in [-0.25, -0.2) is 17.6 Å². The van der Waals surface area contributed by atoms with Crippen molar-refractivity contribution < 1.29 is 39.9 Å². The number of ether oxygens (including phenoxy) is 1. The number of rotatable bonds is 5. The van der Waals surface area contributed by atoms with Crippen LogP contribution in [0.1, 0.15) is 37.0 Å². The lowest BCUT2D eigenvalue weighted by atomic mass is 9.78. The van der Waals surface area contributed by atoms with Crippen LogP contribution in [0.3, 0.4) is 0 Å². The molecule has 1 nitrogen and oxygen atoms in total. The summed E-state index contributed by atoms with van der Waals surface area (Å²) in [5, 5.41) is 0. The highest BCUT2D eigenvalue weighted by atomic mass is 19.3. The zero-order valence-electron chi connectivity index (χ0n) is 18.0. The number of aryl methyl sites for hydroxylation is 1. The Morgan fingerprint density at radius 3 is 1.71 bits per heavy atom. The molecule has 0 N–H and O–H groups in total. The molecule has 0 aromatic heterocycles. The minimum Gasteiger partial charge on any atom is -0.491 e. The topological polar surface area (TPSA) is 9.23 Å². The Bertz CT molecular complexity index is 1280. The molecular formula is C25H18F8O. The Balaban J connectivity index is 2.00.